The van der Waals surface area contributed by atoms with E-state index in [1.165, 1.54) is 30.4 Å². The number of hydrogen-bond acceptors (Lipinski definition) is 0. The smallest absolute Gasteiger partial charge is 0.0194 e. The number of hydrogen-bond donors (Lipinski definition) is 0. The normalized spacial score (nSPS) is 15.4. The van der Waals surface area contributed by atoms with Crippen molar-refractivity contribution in [3.8, 4) is 0 Å². The van der Waals surface area contributed by atoms with Gasteiger partial charge in [-0.3, -0.25) is 0 Å². The van der Waals surface area contributed by atoms with E-state index in [2.05, 4.69) is 46.4 Å². The number of allylic oxidation sites excluding steroid dienone is 5. The summed E-state index contributed by atoms with van der Waals surface area (Å²) in [5.41, 5.74) is 2.69. The molecule has 0 heteroatoms. The Morgan fingerprint density at radius 3 is 2.50 bits per heavy atom. The van der Waals surface area contributed by atoms with Gasteiger partial charge >= 0.3 is 0 Å². The Bertz CT molecular complexity index is 218. The fraction of sp³-hybridized carbons (Fsp3) is 0.571. The fourth-order valence-corrected chi connectivity index (χ4v) is 1.51. The molecule has 0 saturated heterocycles. The van der Waals surface area contributed by atoms with Crippen LogP contribution in [0.4, 0.5) is 0 Å². The first-order valence-electron chi connectivity index (χ1n) is 5.62. The minimum atomic E-state index is 0.676. The van der Waals surface area contributed by atoms with E-state index in [9.17, 15) is 0 Å². The lowest BCUT2D eigenvalue weighted by Crippen LogP contribution is -1.97. The summed E-state index contributed by atoms with van der Waals surface area (Å²) in [7, 11) is 0. The maximum Gasteiger partial charge on any atom is -0.0194 e. The highest BCUT2D eigenvalue weighted by atomic mass is 14.1. The van der Waals surface area contributed by atoms with Gasteiger partial charge in [-0.05, 0) is 31.8 Å². The summed E-state index contributed by atoms with van der Waals surface area (Å²) >= 11 is 0. The molecular weight excluding hydrogens is 168 g/mol. The van der Waals surface area contributed by atoms with E-state index in [0.29, 0.717) is 5.92 Å². The molecule has 1 atom stereocenters. The lowest BCUT2D eigenvalue weighted by molar-refractivity contribution is 0.580. The molecule has 0 spiro atoms. The Kier molecular flexibility index (Phi) is 7.18. The third-order valence-electron chi connectivity index (χ3n) is 2.61. The molecule has 80 valence electrons. The molecule has 0 fully saturated rings. The molecule has 0 aliphatic carbocycles. The van der Waals surface area contributed by atoms with Crippen molar-refractivity contribution in [1.29, 1.82) is 0 Å². The van der Waals surface area contributed by atoms with E-state index < -0.39 is 0 Å². The van der Waals surface area contributed by atoms with Crippen molar-refractivity contribution in [1.82, 2.24) is 0 Å². The van der Waals surface area contributed by atoms with Crippen LogP contribution in [-0.4, -0.2) is 0 Å². The molecule has 0 amide bonds. The Labute approximate surface area is 89.4 Å². The standard InChI is InChI=1S/C14H24/c1-6-9-10-13(5)14(8-3)11-12(4)7-2/h7-8,11,13H,2,6,9-10H2,1,3-5H3/b12-11-,14-8+. The SMILES string of the molecule is C=C/C(C)=C\C(=C/C)C(C)CCCC. The van der Waals surface area contributed by atoms with Gasteiger partial charge in [-0.15, -0.1) is 0 Å². The van der Waals surface area contributed by atoms with Crippen LogP contribution in [-0.2, 0) is 0 Å². The highest BCUT2D eigenvalue weighted by Gasteiger charge is 2.04. The minimum Gasteiger partial charge on any atom is -0.0988 e. The van der Waals surface area contributed by atoms with E-state index in [-0.39, 0.29) is 0 Å². The van der Waals surface area contributed by atoms with Crippen molar-refractivity contribution in [3.63, 3.8) is 0 Å². The topological polar surface area (TPSA) is 0 Å². The van der Waals surface area contributed by atoms with Crippen molar-refractivity contribution < 1.29 is 0 Å². The van der Waals surface area contributed by atoms with Crippen LogP contribution in [0.15, 0.2) is 36.0 Å². The zero-order valence-corrected chi connectivity index (χ0v) is 10.1. The molecule has 0 aliphatic rings. The van der Waals surface area contributed by atoms with E-state index in [1.807, 2.05) is 6.08 Å². The second-order valence-electron chi connectivity index (χ2n) is 3.92. The Morgan fingerprint density at radius 1 is 1.43 bits per heavy atom. The average molecular weight is 192 g/mol. The monoisotopic (exact) mass is 192 g/mol. The van der Waals surface area contributed by atoms with Gasteiger partial charge in [0.05, 0.1) is 0 Å². The van der Waals surface area contributed by atoms with Crippen molar-refractivity contribution in [2.24, 2.45) is 5.92 Å². The van der Waals surface area contributed by atoms with Crippen LogP contribution in [0.1, 0.15) is 47.0 Å². The second kappa shape index (κ2) is 7.61. The molecule has 0 heterocycles. The molecule has 0 aromatic rings. The molecule has 0 rings (SSSR count). The number of unbranched alkanes of at least 4 members (excludes halogenated alkanes) is 1. The van der Waals surface area contributed by atoms with Gasteiger partial charge in [0.1, 0.15) is 0 Å². The predicted octanol–water partition coefficient (Wildman–Crippen LogP) is 4.89. The lowest BCUT2D eigenvalue weighted by Gasteiger charge is -2.12. The van der Waals surface area contributed by atoms with Crippen LogP contribution in [0.5, 0.6) is 0 Å². The predicted molar refractivity (Wildman–Crippen MR) is 66.4 cm³/mol. The van der Waals surface area contributed by atoms with Crippen molar-refractivity contribution >= 4 is 0 Å². The Balaban J connectivity index is 4.35. The van der Waals surface area contributed by atoms with Gasteiger partial charge in [-0.25, -0.2) is 0 Å². The van der Waals surface area contributed by atoms with Crippen LogP contribution in [0.25, 0.3) is 0 Å². The minimum absolute atomic E-state index is 0.676. The largest absolute Gasteiger partial charge is 0.0988 e. The summed E-state index contributed by atoms with van der Waals surface area (Å²) in [6.07, 6.45) is 10.3. The van der Waals surface area contributed by atoms with Crippen LogP contribution >= 0.6 is 0 Å². The van der Waals surface area contributed by atoms with Gasteiger partial charge in [-0.1, -0.05) is 57.1 Å². The quantitative estimate of drug-likeness (QED) is 0.525. The molecule has 0 aromatic heterocycles. The molecule has 0 aliphatic heterocycles. The molecule has 0 saturated carbocycles. The van der Waals surface area contributed by atoms with Crippen LogP contribution in [0.2, 0.25) is 0 Å². The average Bonchev–Trinajstić information content (AvgIpc) is 2.21. The van der Waals surface area contributed by atoms with Crippen LogP contribution in [0, 0.1) is 5.92 Å². The fourth-order valence-electron chi connectivity index (χ4n) is 1.51. The van der Waals surface area contributed by atoms with Gasteiger partial charge in [0.25, 0.3) is 0 Å². The second-order valence-corrected chi connectivity index (χ2v) is 3.92. The zero-order valence-electron chi connectivity index (χ0n) is 10.1. The summed E-state index contributed by atoms with van der Waals surface area (Å²) in [4.78, 5) is 0. The Morgan fingerprint density at radius 2 is 2.07 bits per heavy atom. The molecule has 0 N–H and O–H groups in total. The summed E-state index contributed by atoms with van der Waals surface area (Å²) < 4.78 is 0. The third kappa shape index (κ3) is 5.06. The summed E-state index contributed by atoms with van der Waals surface area (Å²) in [5, 5.41) is 0. The van der Waals surface area contributed by atoms with Crippen LogP contribution in [0.3, 0.4) is 0 Å². The third-order valence-corrected chi connectivity index (χ3v) is 2.61. The summed E-state index contributed by atoms with van der Waals surface area (Å²) in [6.45, 7) is 12.5. The molecular formula is C14H24. The van der Waals surface area contributed by atoms with Crippen molar-refractivity contribution in [2.45, 2.75) is 47.0 Å². The molecule has 0 radical (unpaired) electrons. The first-order valence-corrected chi connectivity index (χ1v) is 5.62. The zero-order chi connectivity index (χ0) is 11.0. The Hall–Kier alpha value is -0.780. The highest BCUT2D eigenvalue weighted by molar-refractivity contribution is 5.28. The van der Waals surface area contributed by atoms with Gasteiger partial charge < -0.3 is 0 Å². The molecule has 0 aromatic carbocycles. The molecule has 0 bridgehead atoms. The maximum absolute atomic E-state index is 3.77. The highest BCUT2D eigenvalue weighted by Crippen LogP contribution is 2.20. The molecule has 0 nitrogen and oxygen atoms in total. The van der Waals surface area contributed by atoms with Crippen molar-refractivity contribution in [2.75, 3.05) is 0 Å². The first kappa shape index (κ1) is 13.2. The van der Waals surface area contributed by atoms with Gasteiger partial charge in [-0.2, -0.15) is 0 Å². The maximum atomic E-state index is 3.77. The van der Waals surface area contributed by atoms with Gasteiger partial charge in [0.2, 0.25) is 0 Å². The van der Waals surface area contributed by atoms with E-state index in [1.54, 1.807) is 0 Å². The van der Waals surface area contributed by atoms with Crippen molar-refractivity contribution in [3.05, 3.63) is 36.0 Å². The first-order chi connectivity index (χ1) is 6.65. The van der Waals surface area contributed by atoms with Gasteiger partial charge in [0, 0.05) is 0 Å². The molecule has 1 unspecified atom stereocenters. The number of rotatable bonds is 6. The van der Waals surface area contributed by atoms with E-state index >= 15 is 0 Å². The summed E-state index contributed by atoms with van der Waals surface area (Å²) in [6, 6.07) is 0. The van der Waals surface area contributed by atoms with Gasteiger partial charge in [0.15, 0.2) is 0 Å². The summed E-state index contributed by atoms with van der Waals surface area (Å²) in [5.74, 6) is 0.676. The van der Waals surface area contributed by atoms with E-state index in [0.717, 1.165) is 0 Å². The lowest BCUT2D eigenvalue weighted by atomic mass is 9.93. The molecule has 14 heavy (non-hydrogen) atoms. The van der Waals surface area contributed by atoms with E-state index in [4.69, 9.17) is 0 Å². The van der Waals surface area contributed by atoms with Crippen LogP contribution < -0.4 is 0 Å².